The number of nitrogens with zero attached hydrogens (tertiary/aromatic N) is 1. The standard InChI is InChI=1S/C14H17BrFNO3/c1-17(9-14(19)5-7-20-8-6-14)13(18)10-3-2-4-11(16)12(10)15/h2-4,19H,5-9H2,1H3. The first-order valence-electron chi connectivity index (χ1n) is 6.42. The number of ether oxygens (including phenoxy) is 1. The Labute approximate surface area is 125 Å². The third kappa shape index (κ3) is 3.37. The predicted molar refractivity (Wildman–Crippen MR) is 76.1 cm³/mol. The average Bonchev–Trinajstić information content (AvgIpc) is 2.41. The minimum Gasteiger partial charge on any atom is -0.388 e. The van der Waals surface area contributed by atoms with Gasteiger partial charge in [0, 0.05) is 39.6 Å². The van der Waals surface area contributed by atoms with Gasteiger partial charge in [-0.2, -0.15) is 0 Å². The molecule has 1 fully saturated rings. The van der Waals surface area contributed by atoms with Crippen molar-refractivity contribution in [1.82, 2.24) is 4.90 Å². The van der Waals surface area contributed by atoms with Crippen molar-refractivity contribution in [3.05, 3.63) is 34.1 Å². The van der Waals surface area contributed by atoms with Crippen molar-refractivity contribution >= 4 is 21.8 Å². The Morgan fingerprint density at radius 2 is 2.15 bits per heavy atom. The van der Waals surface area contributed by atoms with Gasteiger partial charge in [0.1, 0.15) is 5.82 Å². The summed E-state index contributed by atoms with van der Waals surface area (Å²) in [6.07, 6.45) is 0.990. The lowest BCUT2D eigenvalue weighted by molar-refractivity contribution is -0.0734. The summed E-state index contributed by atoms with van der Waals surface area (Å²) in [6.45, 7) is 1.18. The van der Waals surface area contributed by atoms with Crippen LogP contribution in [0.15, 0.2) is 22.7 Å². The molecule has 0 saturated carbocycles. The number of halogens is 2. The SMILES string of the molecule is CN(CC1(O)CCOCC1)C(=O)c1cccc(F)c1Br. The lowest BCUT2D eigenvalue weighted by atomic mass is 9.93. The number of aliphatic hydroxyl groups is 1. The Morgan fingerprint density at radius 3 is 2.80 bits per heavy atom. The number of hydrogen-bond donors (Lipinski definition) is 1. The number of amides is 1. The average molecular weight is 346 g/mol. The van der Waals surface area contributed by atoms with Crippen LogP contribution < -0.4 is 0 Å². The van der Waals surface area contributed by atoms with Crippen LogP contribution in [0.4, 0.5) is 4.39 Å². The summed E-state index contributed by atoms with van der Waals surface area (Å²) in [5, 5.41) is 10.4. The van der Waals surface area contributed by atoms with Gasteiger partial charge in [0.25, 0.3) is 5.91 Å². The maximum absolute atomic E-state index is 13.5. The Kier molecular flexibility index (Phi) is 4.78. The molecule has 1 aliphatic heterocycles. The molecule has 0 aliphatic carbocycles. The molecule has 1 aliphatic rings. The minimum absolute atomic E-state index is 0.149. The van der Waals surface area contributed by atoms with Gasteiger partial charge in [-0.15, -0.1) is 0 Å². The van der Waals surface area contributed by atoms with Crippen LogP contribution in [0.1, 0.15) is 23.2 Å². The van der Waals surface area contributed by atoms with Gasteiger partial charge in [0.05, 0.1) is 15.6 Å². The van der Waals surface area contributed by atoms with Gasteiger partial charge in [0.2, 0.25) is 0 Å². The molecule has 0 bridgehead atoms. The van der Waals surface area contributed by atoms with Crippen LogP contribution in [0.2, 0.25) is 0 Å². The third-order valence-electron chi connectivity index (χ3n) is 3.48. The number of carbonyl (C=O) groups is 1. The number of rotatable bonds is 3. The topological polar surface area (TPSA) is 49.8 Å². The Hall–Kier alpha value is -0.980. The molecule has 6 heteroatoms. The summed E-state index contributed by atoms with van der Waals surface area (Å²) in [7, 11) is 1.60. The largest absolute Gasteiger partial charge is 0.388 e. The lowest BCUT2D eigenvalue weighted by Gasteiger charge is -2.35. The van der Waals surface area contributed by atoms with Gasteiger partial charge >= 0.3 is 0 Å². The van der Waals surface area contributed by atoms with Crippen LogP contribution in [0.5, 0.6) is 0 Å². The Morgan fingerprint density at radius 1 is 1.50 bits per heavy atom. The number of carbonyl (C=O) groups excluding carboxylic acids is 1. The molecule has 0 aromatic heterocycles. The van der Waals surface area contributed by atoms with Crippen molar-refractivity contribution in [2.75, 3.05) is 26.8 Å². The molecule has 0 atom stereocenters. The number of benzene rings is 1. The zero-order valence-electron chi connectivity index (χ0n) is 11.2. The highest BCUT2D eigenvalue weighted by atomic mass is 79.9. The highest BCUT2D eigenvalue weighted by Crippen LogP contribution is 2.25. The van der Waals surface area contributed by atoms with Crippen molar-refractivity contribution in [2.24, 2.45) is 0 Å². The maximum Gasteiger partial charge on any atom is 0.254 e. The molecule has 0 spiro atoms. The summed E-state index contributed by atoms with van der Waals surface area (Å²) in [6, 6.07) is 4.33. The second kappa shape index (κ2) is 6.20. The smallest absolute Gasteiger partial charge is 0.254 e. The summed E-state index contributed by atoms with van der Waals surface area (Å²) < 4.78 is 18.8. The second-order valence-electron chi connectivity index (χ2n) is 5.10. The molecule has 1 aromatic rings. The Balaban J connectivity index is 2.10. The zero-order chi connectivity index (χ0) is 14.8. The van der Waals surface area contributed by atoms with E-state index in [1.54, 1.807) is 13.1 Å². The molecule has 4 nitrogen and oxygen atoms in total. The van der Waals surface area contributed by atoms with Gasteiger partial charge < -0.3 is 14.7 Å². The first-order valence-corrected chi connectivity index (χ1v) is 7.22. The first kappa shape index (κ1) is 15.4. The molecule has 20 heavy (non-hydrogen) atoms. The summed E-state index contributed by atoms with van der Waals surface area (Å²) >= 11 is 3.08. The quantitative estimate of drug-likeness (QED) is 0.913. The zero-order valence-corrected chi connectivity index (χ0v) is 12.8. The highest BCUT2D eigenvalue weighted by Gasteiger charge is 2.33. The van der Waals surface area contributed by atoms with E-state index in [2.05, 4.69) is 15.9 Å². The van der Waals surface area contributed by atoms with Crippen molar-refractivity contribution in [1.29, 1.82) is 0 Å². The van der Waals surface area contributed by atoms with E-state index < -0.39 is 11.4 Å². The Bertz CT molecular complexity index is 503. The van der Waals surface area contributed by atoms with Crippen molar-refractivity contribution in [3.63, 3.8) is 0 Å². The fourth-order valence-electron chi connectivity index (χ4n) is 2.30. The molecule has 1 amide bonds. The van der Waals surface area contributed by atoms with E-state index in [0.29, 0.717) is 26.1 Å². The van der Waals surface area contributed by atoms with Crippen molar-refractivity contribution in [3.8, 4) is 0 Å². The van der Waals surface area contributed by atoms with Crippen LogP contribution in [0, 0.1) is 5.82 Å². The molecule has 1 aromatic carbocycles. The maximum atomic E-state index is 13.5. The lowest BCUT2D eigenvalue weighted by Crippen LogP contribution is -2.47. The van der Waals surface area contributed by atoms with Gasteiger partial charge in [0.15, 0.2) is 0 Å². The van der Waals surface area contributed by atoms with Gasteiger partial charge in [-0.25, -0.2) is 4.39 Å². The van der Waals surface area contributed by atoms with E-state index in [0.717, 1.165) is 0 Å². The predicted octanol–water partition coefficient (Wildman–Crippen LogP) is 2.20. The van der Waals surface area contributed by atoms with E-state index in [1.807, 2.05) is 0 Å². The monoisotopic (exact) mass is 345 g/mol. The number of hydrogen-bond acceptors (Lipinski definition) is 3. The van der Waals surface area contributed by atoms with E-state index in [9.17, 15) is 14.3 Å². The summed E-state index contributed by atoms with van der Waals surface area (Å²) in [5.74, 6) is -0.801. The van der Waals surface area contributed by atoms with E-state index in [1.165, 1.54) is 17.0 Å². The van der Waals surface area contributed by atoms with Gasteiger partial charge in [-0.3, -0.25) is 4.79 Å². The fraction of sp³-hybridized carbons (Fsp3) is 0.500. The third-order valence-corrected chi connectivity index (χ3v) is 4.29. The van der Waals surface area contributed by atoms with Crippen LogP contribution in [0.25, 0.3) is 0 Å². The normalized spacial score (nSPS) is 17.8. The second-order valence-corrected chi connectivity index (χ2v) is 5.89. The molecule has 2 rings (SSSR count). The summed E-state index contributed by atoms with van der Waals surface area (Å²) in [4.78, 5) is 13.7. The molecular weight excluding hydrogens is 329 g/mol. The van der Waals surface area contributed by atoms with E-state index >= 15 is 0 Å². The molecule has 0 radical (unpaired) electrons. The molecule has 1 N–H and O–H groups in total. The van der Waals surface area contributed by atoms with Crippen molar-refractivity contribution < 1.29 is 19.0 Å². The molecule has 1 heterocycles. The number of likely N-dealkylation sites (N-methyl/N-ethyl adjacent to an activating group) is 1. The molecule has 0 unspecified atom stereocenters. The summed E-state index contributed by atoms with van der Waals surface area (Å²) in [5.41, 5.74) is -0.675. The molecule has 1 saturated heterocycles. The molecule has 110 valence electrons. The van der Waals surface area contributed by atoms with Gasteiger partial charge in [-0.05, 0) is 28.1 Å². The highest BCUT2D eigenvalue weighted by molar-refractivity contribution is 9.10. The van der Waals surface area contributed by atoms with E-state index in [-0.39, 0.29) is 22.5 Å². The van der Waals surface area contributed by atoms with Crippen LogP contribution in [0.3, 0.4) is 0 Å². The van der Waals surface area contributed by atoms with Gasteiger partial charge in [-0.1, -0.05) is 6.07 Å². The fourth-order valence-corrected chi connectivity index (χ4v) is 2.73. The van der Waals surface area contributed by atoms with Crippen LogP contribution in [-0.4, -0.2) is 48.3 Å². The minimum atomic E-state index is -0.928. The van der Waals surface area contributed by atoms with Crippen molar-refractivity contribution in [2.45, 2.75) is 18.4 Å². The molecular formula is C14H17BrFNO3. The van der Waals surface area contributed by atoms with Crippen LogP contribution in [-0.2, 0) is 4.74 Å². The van der Waals surface area contributed by atoms with Crippen LogP contribution >= 0.6 is 15.9 Å². The first-order chi connectivity index (χ1) is 9.43. The van der Waals surface area contributed by atoms with E-state index in [4.69, 9.17) is 4.74 Å².